The van der Waals surface area contributed by atoms with Crippen molar-refractivity contribution in [1.29, 1.82) is 0 Å². The first kappa shape index (κ1) is 15.4. The molecule has 0 spiro atoms. The average Bonchev–Trinajstić information content (AvgIpc) is 2.92. The van der Waals surface area contributed by atoms with Crippen molar-refractivity contribution in [1.82, 2.24) is 5.32 Å². The number of amides is 1. The minimum atomic E-state index is -0.576. The lowest BCUT2D eigenvalue weighted by Crippen LogP contribution is -2.35. The van der Waals surface area contributed by atoms with E-state index in [-0.39, 0.29) is 5.91 Å². The molecule has 0 aliphatic carbocycles. The summed E-state index contributed by atoms with van der Waals surface area (Å²) in [6.45, 7) is 2.23. The quantitative estimate of drug-likeness (QED) is 0.850. The first-order valence-corrected chi connectivity index (χ1v) is 8.03. The standard InChI is InChI=1S/C14H13BrClNO2S/c1-9(14(18)17-8-11-3-2-6-20-11)19-13-5-4-10(16)7-12(13)15/h2-7,9H,8H2,1H3,(H,17,18)/t9-/m0/s1. The SMILES string of the molecule is C[C@H](Oc1ccc(Cl)cc1Br)C(=O)NCc1cccs1. The van der Waals surface area contributed by atoms with E-state index in [1.807, 2.05) is 17.5 Å². The Labute approximate surface area is 135 Å². The number of rotatable bonds is 5. The van der Waals surface area contributed by atoms with Crippen LogP contribution in [0.25, 0.3) is 0 Å². The van der Waals surface area contributed by atoms with E-state index >= 15 is 0 Å². The van der Waals surface area contributed by atoms with Crippen molar-refractivity contribution in [3.8, 4) is 5.75 Å². The second kappa shape index (κ2) is 7.11. The van der Waals surface area contributed by atoms with Gasteiger partial charge in [0, 0.05) is 9.90 Å². The Morgan fingerprint density at radius 2 is 2.30 bits per heavy atom. The fourth-order valence-corrected chi connectivity index (χ4v) is 2.97. The Morgan fingerprint density at radius 3 is 2.95 bits per heavy atom. The van der Waals surface area contributed by atoms with Crippen molar-refractivity contribution in [2.24, 2.45) is 0 Å². The van der Waals surface area contributed by atoms with Crippen molar-refractivity contribution in [3.63, 3.8) is 0 Å². The molecule has 0 aliphatic rings. The zero-order valence-corrected chi connectivity index (χ0v) is 13.9. The van der Waals surface area contributed by atoms with Crippen LogP contribution < -0.4 is 10.1 Å². The number of halogens is 2. The van der Waals surface area contributed by atoms with Crippen LogP contribution in [0.5, 0.6) is 5.75 Å². The Kier molecular flexibility index (Phi) is 5.46. The maximum Gasteiger partial charge on any atom is 0.261 e. The molecule has 1 heterocycles. The summed E-state index contributed by atoms with van der Waals surface area (Å²) in [7, 11) is 0. The molecule has 0 saturated carbocycles. The summed E-state index contributed by atoms with van der Waals surface area (Å²) in [5, 5.41) is 5.43. The molecule has 0 unspecified atom stereocenters. The molecular formula is C14H13BrClNO2S. The smallest absolute Gasteiger partial charge is 0.261 e. The number of nitrogens with one attached hydrogen (secondary N) is 1. The highest BCUT2D eigenvalue weighted by atomic mass is 79.9. The van der Waals surface area contributed by atoms with E-state index in [1.165, 1.54) is 0 Å². The van der Waals surface area contributed by atoms with E-state index < -0.39 is 6.10 Å². The van der Waals surface area contributed by atoms with Crippen molar-refractivity contribution in [2.75, 3.05) is 0 Å². The largest absolute Gasteiger partial charge is 0.480 e. The number of carbonyl (C=O) groups is 1. The van der Waals surface area contributed by atoms with Gasteiger partial charge in [-0.25, -0.2) is 0 Å². The lowest BCUT2D eigenvalue weighted by Gasteiger charge is -2.15. The van der Waals surface area contributed by atoms with Gasteiger partial charge in [-0.1, -0.05) is 17.7 Å². The van der Waals surface area contributed by atoms with Gasteiger partial charge in [0.1, 0.15) is 5.75 Å². The molecule has 1 atom stereocenters. The van der Waals surface area contributed by atoms with Gasteiger partial charge in [-0.3, -0.25) is 4.79 Å². The third kappa shape index (κ3) is 4.23. The molecule has 3 nitrogen and oxygen atoms in total. The zero-order chi connectivity index (χ0) is 14.5. The summed E-state index contributed by atoms with van der Waals surface area (Å²) in [6.07, 6.45) is -0.576. The molecule has 1 N–H and O–H groups in total. The molecule has 1 aromatic carbocycles. The lowest BCUT2D eigenvalue weighted by molar-refractivity contribution is -0.127. The number of carbonyl (C=O) groups excluding carboxylic acids is 1. The fourth-order valence-electron chi connectivity index (χ4n) is 1.55. The molecule has 0 fully saturated rings. The maximum absolute atomic E-state index is 11.9. The third-order valence-electron chi connectivity index (χ3n) is 2.58. The first-order valence-electron chi connectivity index (χ1n) is 5.98. The number of thiophene rings is 1. The van der Waals surface area contributed by atoms with Gasteiger partial charge in [0.25, 0.3) is 5.91 Å². The number of benzene rings is 1. The molecule has 0 saturated heterocycles. The normalized spacial score (nSPS) is 11.9. The second-order valence-electron chi connectivity index (χ2n) is 4.13. The summed E-state index contributed by atoms with van der Waals surface area (Å²) >= 11 is 10.8. The number of ether oxygens (including phenoxy) is 1. The third-order valence-corrected chi connectivity index (χ3v) is 4.32. The molecule has 0 radical (unpaired) electrons. The summed E-state index contributed by atoms with van der Waals surface area (Å²) in [4.78, 5) is 13.1. The summed E-state index contributed by atoms with van der Waals surface area (Å²) in [5.74, 6) is 0.438. The molecule has 6 heteroatoms. The van der Waals surface area contributed by atoms with E-state index in [2.05, 4.69) is 21.2 Å². The molecule has 0 bridgehead atoms. The molecule has 1 aromatic heterocycles. The van der Waals surface area contributed by atoms with Crippen LogP contribution in [-0.2, 0) is 11.3 Å². The van der Waals surface area contributed by atoms with Crippen LogP contribution in [0.3, 0.4) is 0 Å². The van der Waals surface area contributed by atoms with Crippen molar-refractivity contribution >= 4 is 44.8 Å². The van der Waals surface area contributed by atoms with E-state index in [0.29, 0.717) is 17.3 Å². The van der Waals surface area contributed by atoms with E-state index in [0.717, 1.165) is 9.35 Å². The first-order chi connectivity index (χ1) is 9.56. The summed E-state index contributed by atoms with van der Waals surface area (Å²) in [5.41, 5.74) is 0. The van der Waals surface area contributed by atoms with Gasteiger partial charge in [0.2, 0.25) is 0 Å². The van der Waals surface area contributed by atoms with Crippen LogP contribution in [0.1, 0.15) is 11.8 Å². The lowest BCUT2D eigenvalue weighted by atomic mass is 10.3. The molecule has 2 aromatic rings. The Morgan fingerprint density at radius 1 is 1.50 bits per heavy atom. The highest BCUT2D eigenvalue weighted by Crippen LogP contribution is 2.28. The maximum atomic E-state index is 11.9. The van der Waals surface area contributed by atoms with E-state index in [4.69, 9.17) is 16.3 Å². The van der Waals surface area contributed by atoms with Crippen LogP contribution in [-0.4, -0.2) is 12.0 Å². The predicted octanol–water partition coefficient (Wildman–Crippen LogP) is 4.25. The monoisotopic (exact) mass is 373 g/mol. The van der Waals surface area contributed by atoms with E-state index in [9.17, 15) is 4.79 Å². The molecule has 20 heavy (non-hydrogen) atoms. The van der Waals surface area contributed by atoms with Gasteiger partial charge < -0.3 is 10.1 Å². The van der Waals surface area contributed by atoms with Gasteiger partial charge in [0.15, 0.2) is 6.10 Å². The summed E-state index contributed by atoms with van der Waals surface area (Å²) in [6, 6.07) is 9.11. The van der Waals surface area contributed by atoms with Gasteiger partial charge >= 0.3 is 0 Å². The van der Waals surface area contributed by atoms with Gasteiger partial charge in [-0.05, 0) is 52.5 Å². The van der Waals surface area contributed by atoms with Gasteiger partial charge in [-0.15, -0.1) is 11.3 Å². The Bertz CT molecular complexity index is 589. The minimum Gasteiger partial charge on any atom is -0.480 e. The van der Waals surface area contributed by atoms with Crippen LogP contribution in [0.2, 0.25) is 5.02 Å². The number of hydrogen-bond acceptors (Lipinski definition) is 3. The minimum absolute atomic E-state index is 0.153. The van der Waals surface area contributed by atoms with Crippen molar-refractivity contribution < 1.29 is 9.53 Å². The van der Waals surface area contributed by atoms with Crippen LogP contribution >= 0.6 is 38.9 Å². The molecule has 0 aliphatic heterocycles. The molecular weight excluding hydrogens is 362 g/mol. The fraction of sp³-hybridized carbons (Fsp3) is 0.214. The van der Waals surface area contributed by atoms with Crippen molar-refractivity contribution in [2.45, 2.75) is 19.6 Å². The van der Waals surface area contributed by atoms with Gasteiger partial charge in [0.05, 0.1) is 11.0 Å². The second-order valence-corrected chi connectivity index (χ2v) is 6.46. The van der Waals surface area contributed by atoms with Crippen LogP contribution in [0.4, 0.5) is 0 Å². The summed E-state index contributed by atoms with van der Waals surface area (Å²) < 4.78 is 6.34. The highest BCUT2D eigenvalue weighted by Gasteiger charge is 2.15. The predicted molar refractivity (Wildman–Crippen MR) is 85.4 cm³/mol. The molecule has 106 valence electrons. The van der Waals surface area contributed by atoms with Crippen LogP contribution in [0, 0.1) is 0 Å². The molecule has 2 rings (SSSR count). The average molecular weight is 375 g/mol. The topological polar surface area (TPSA) is 38.3 Å². The Balaban J connectivity index is 1.90. The highest BCUT2D eigenvalue weighted by molar-refractivity contribution is 9.10. The Hall–Kier alpha value is -1.04. The van der Waals surface area contributed by atoms with Crippen LogP contribution in [0.15, 0.2) is 40.2 Å². The number of hydrogen-bond donors (Lipinski definition) is 1. The zero-order valence-electron chi connectivity index (χ0n) is 10.7. The van der Waals surface area contributed by atoms with Crippen molar-refractivity contribution in [3.05, 3.63) is 50.1 Å². The van der Waals surface area contributed by atoms with E-state index in [1.54, 1.807) is 36.5 Å². The molecule has 1 amide bonds. The van der Waals surface area contributed by atoms with Gasteiger partial charge in [-0.2, -0.15) is 0 Å².